The number of aromatic nitrogens is 2. The molecule has 1 aromatic carbocycles. The maximum atomic E-state index is 12.8. The van der Waals surface area contributed by atoms with E-state index in [2.05, 4.69) is 19.6 Å². The van der Waals surface area contributed by atoms with E-state index in [0.717, 1.165) is 17.0 Å². The second-order valence-corrected chi connectivity index (χ2v) is 9.73. The van der Waals surface area contributed by atoms with Gasteiger partial charge in [-0.2, -0.15) is 0 Å². The van der Waals surface area contributed by atoms with E-state index in [1.807, 2.05) is 26.0 Å². The molecule has 2 aliphatic heterocycles. The molecular weight excluding hydrogens is 408 g/mol. The van der Waals surface area contributed by atoms with Crippen LogP contribution in [-0.2, 0) is 26.9 Å². The van der Waals surface area contributed by atoms with Gasteiger partial charge in [0, 0.05) is 37.5 Å². The first-order valence-electron chi connectivity index (χ1n) is 9.71. The van der Waals surface area contributed by atoms with E-state index >= 15 is 0 Å². The Hall–Kier alpha value is -2.72. The summed E-state index contributed by atoms with van der Waals surface area (Å²) >= 11 is 0. The Labute approximate surface area is 175 Å². The van der Waals surface area contributed by atoms with Gasteiger partial charge in [0.1, 0.15) is 23.4 Å². The number of sulfonamides is 1. The largest absolute Gasteiger partial charge is 0.487 e. The lowest BCUT2D eigenvalue weighted by Crippen LogP contribution is -2.37. The summed E-state index contributed by atoms with van der Waals surface area (Å²) < 4.78 is 39.2. The van der Waals surface area contributed by atoms with Gasteiger partial charge in [0.05, 0.1) is 19.0 Å². The molecule has 0 unspecified atom stereocenters. The van der Waals surface area contributed by atoms with E-state index < -0.39 is 15.9 Å². The summed E-state index contributed by atoms with van der Waals surface area (Å²) in [5.74, 6) is -0.340. The van der Waals surface area contributed by atoms with Crippen LogP contribution in [0, 0.1) is 0 Å². The van der Waals surface area contributed by atoms with Gasteiger partial charge in [0.2, 0.25) is 10.0 Å². The van der Waals surface area contributed by atoms with E-state index in [9.17, 15) is 13.2 Å². The lowest BCUT2D eigenvalue weighted by molar-refractivity contribution is 0.0976. The number of fused-ring (bicyclic) bond motifs is 1. The molecule has 0 spiro atoms. The van der Waals surface area contributed by atoms with Crippen LogP contribution in [0.2, 0.25) is 0 Å². The fourth-order valence-corrected chi connectivity index (χ4v) is 4.86. The van der Waals surface area contributed by atoms with Crippen LogP contribution in [0.5, 0.6) is 5.75 Å². The molecule has 1 amide bonds. The first kappa shape index (κ1) is 20.5. The van der Waals surface area contributed by atoms with Gasteiger partial charge in [-0.15, -0.1) is 0 Å². The molecule has 0 radical (unpaired) electrons. The molecule has 160 valence electrons. The van der Waals surface area contributed by atoms with Crippen LogP contribution < -0.4 is 14.4 Å². The van der Waals surface area contributed by atoms with E-state index in [1.54, 1.807) is 0 Å². The van der Waals surface area contributed by atoms with Gasteiger partial charge in [-0.1, -0.05) is 0 Å². The highest BCUT2D eigenvalue weighted by atomic mass is 32.2. The summed E-state index contributed by atoms with van der Waals surface area (Å²) in [6, 6.07) is 5.15. The fourth-order valence-electron chi connectivity index (χ4n) is 3.76. The standard InChI is InChI=1S/C20H24N4O5S/c1-20(2)11-14-9-15(17(10-18(14)29-20)24-5-7-28-8-6-24)12-30(26,27)23-19(25)16-3-4-21-13-22-16/h3-4,9-10,13H,5-8,11-12H2,1-2H3,(H,23,25). The summed E-state index contributed by atoms with van der Waals surface area (Å²) in [6.07, 6.45) is 3.26. The van der Waals surface area contributed by atoms with Crippen molar-refractivity contribution in [2.24, 2.45) is 0 Å². The zero-order chi connectivity index (χ0) is 21.4. The van der Waals surface area contributed by atoms with Gasteiger partial charge in [0.25, 0.3) is 5.91 Å². The van der Waals surface area contributed by atoms with Gasteiger partial charge in [-0.25, -0.2) is 23.1 Å². The molecule has 1 fully saturated rings. The summed E-state index contributed by atoms with van der Waals surface area (Å²) in [5.41, 5.74) is 2.02. The van der Waals surface area contributed by atoms with Crippen molar-refractivity contribution in [3.8, 4) is 5.75 Å². The Balaban J connectivity index is 1.63. The Morgan fingerprint density at radius 2 is 2.03 bits per heavy atom. The van der Waals surface area contributed by atoms with Crippen molar-refractivity contribution in [2.45, 2.75) is 31.6 Å². The van der Waals surface area contributed by atoms with Crippen LogP contribution in [0.1, 0.15) is 35.5 Å². The number of rotatable bonds is 5. The zero-order valence-corrected chi connectivity index (χ0v) is 17.7. The van der Waals surface area contributed by atoms with Gasteiger partial charge in [-0.05, 0) is 37.1 Å². The Bertz CT molecular complexity index is 1050. The molecule has 1 aromatic heterocycles. The fraction of sp³-hybridized carbons (Fsp3) is 0.450. The summed E-state index contributed by atoms with van der Waals surface area (Å²) in [7, 11) is -3.95. The van der Waals surface area contributed by atoms with Crippen LogP contribution in [0.3, 0.4) is 0 Å². The third-order valence-corrected chi connectivity index (χ3v) is 6.21. The Kier molecular flexibility index (Phi) is 5.37. The second kappa shape index (κ2) is 7.84. The number of nitrogens with one attached hydrogen (secondary N) is 1. The molecule has 3 heterocycles. The predicted molar refractivity (Wildman–Crippen MR) is 110 cm³/mol. The van der Waals surface area contributed by atoms with Gasteiger partial charge < -0.3 is 14.4 Å². The number of ether oxygens (including phenoxy) is 2. The predicted octanol–water partition coefficient (Wildman–Crippen LogP) is 1.29. The van der Waals surface area contributed by atoms with E-state index in [1.165, 1.54) is 18.6 Å². The van der Waals surface area contributed by atoms with Crippen molar-refractivity contribution < 1.29 is 22.7 Å². The number of hydrogen-bond donors (Lipinski definition) is 1. The first-order chi connectivity index (χ1) is 14.2. The Morgan fingerprint density at radius 3 is 2.73 bits per heavy atom. The van der Waals surface area contributed by atoms with E-state index in [4.69, 9.17) is 9.47 Å². The maximum Gasteiger partial charge on any atom is 0.283 e. The van der Waals surface area contributed by atoms with Crippen molar-refractivity contribution in [1.29, 1.82) is 0 Å². The molecule has 0 bridgehead atoms. The number of morpholine rings is 1. The lowest BCUT2D eigenvalue weighted by Gasteiger charge is -2.31. The van der Waals surface area contributed by atoms with Crippen LogP contribution in [-0.4, -0.2) is 56.2 Å². The van der Waals surface area contributed by atoms with Gasteiger partial charge >= 0.3 is 0 Å². The van der Waals surface area contributed by atoms with Crippen LogP contribution in [0.4, 0.5) is 5.69 Å². The van der Waals surface area contributed by atoms with Gasteiger partial charge in [-0.3, -0.25) is 4.79 Å². The molecule has 0 aliphatic carbocycles. The SMILES string of the molecule is CC1(C)Cc2cc(CS(=O)(=O)NC(=O)c3ccncn3)c(N3CCOCC3)cc2O1. The Morgan fingerprint density at radius 1 is 1.27 bits per heavy atom. The van der Waals surface area contributed by atoms with Crippen LogP contribution in [0.15, 0.2) is 30.7 Å². The third kappa shape index (κ3) is 4.54. The van der Waals surface area contributed by atoms with Crippen LogP contribution in [0.25, 0.3) is 0 Å². The highest BCUT2D eigenvalue weighted by Gasteiger charge is 2.32. The summed E-state index contributed by atoms with van der Waals surface area (Å²) in [4.78, 5) is 21.9. The average molecular weight is 433 g/mol. The molecule has 0 atom stereocenters. The number of carbonyl (C=O) groups is 1. The number of amides is 1. The second-order valence-electron chi connectivity index (χ2n) is 8.01. The molecule has 2 aliphatic rings. The van der Waals surface area contributed by atoms with Crippen molar-refractivity contribution >= 4 is 21.6 Å². The first-order valence-corrected chi connectivity index (χ1v) is 11.4. The molecule has 10 heteroatoms. The number of carbonyl (C=O) groups excluding carboxylic acids is 1. The van der Waals surface area contributed by atoms with Crippen molar-refractivity contribution in [3.63, 3.8) is 0 Å². The zero-order valence-electron chi connectivity index (χ0n) is 16.9. The maximum absolute atomic E-state index is 12.8. The van der Waals surface area contributed by atoms with Crippen molar-refractivity contribution in [2.75, 3.05) is 31.2 Å². The third-order valence-electron chi connectivity index (χ3n) is 5.02. The van der Waals surface area contributed by atoms with Crippen molar-refractivity contribution in [1.82, 2.24) is 14.7 Å². The van der Waals surface area contributed by atoms with Crippen molar-refractivity contribution in [3.05, 3.63) is 47.5 Å². The molecule has 30 heavy (non-hydrogen) atoms. The van der Waals surface area contributed by atoms with E-state index in [-0.39, 0.29) is 17.0 Å². The summed E-state index contributed by atoms with van der Waals surface area (Å²) in [5, 5.41) is 0. The highest BCUT2D eigenvalue weighted by molar-refractivity contribution is 7.89. The minimum Gasteiger partial charge on any atom is -0.487 e. The minimum atomic E-state index is -3.95. The molecule has 1 N–H and O–H groups in total. The highest BCUT2D eigenvalue weighted by Crippen LogP contribution is 2.40. The monoisotopic (exact) mass is 432 g/mol. The van der Waals surface area contributed by atoms with E-state index in [0.29, 0.717) is 38.3 Å². The number of anilines is 1. The number of nitrogens with zero attached hydrogens (tertiary/aromatic N) is 3. The topological polar surface area (TPSA) is 111 Å². The summed E-state index contributed by atoms with van der Waals surface area (Å²) in [6.45, 7) is 6.45. The normalized spacial score (nSPS) is 17.9. The van der Waals surface area contributed by atoms with Gasteiger partial charge in [0.15, 0.2) is 0 Å². The number of hydrogen-bond acceptors (Lipinski definition) is 8. The lowest BCUT2D eigenvalue weighted by atomic mass is 9.99. The van der Waals surface area contributed by atoms with Crippen LogP contribution >= 0.6 is 0 Å². The molecular formula is C20H24N4O5S. The minimum absolute atomic E-state index is 0.00826. The molecule has 9 nitrogen and oxygen atoms in total. The molecule has 2 aromatic rings. The molecule has 4 rings (SSSR count). The average Bonchev–Trinajstić information content (AvgIpc) is 3.00. The smallest absolute Gasteiger partial charge is 0.283 e. The quantitative estimate of drug-likeness (QED) is 0.752. The molecule has 1 saturated heterocycles. The molecule has 0 saturated carbocycles. The number of benzene rings is 1.